The van der Waals surface area contributed by atoms with Crippen molar-refractivity contribution in [3.8, 4) is 0 Å². The molecule has 0 nitrogen and oxygen atoms in total. The Hall–Kier alpha value is 0.270. The summed E-state index contributed by atoms with van der Waals surface area (Å²) in [5, 5.41) is 0.442. The van der Waals surface area contributed by atoms with Gasteiger partial charge in [0.15, 0.2) is 0 Å². The Morgan fingerprint density at radius 2 is 2.18 bits per heavy atom. The van der Waals surface area contributed by atoms with Crippen LogP contribution < -0.4 is 0 Å². The van der Waals surface area contributed by atoms with Crippen molar-refractivity contribution in [3.05, 3.63) is 27.4 Å². The molecule has 0 radical (unpaired) electrons. The summed E-state index contributed by atoms with van der Waals surface area (Å²) in [5.74, 6) is -0.272. The Labute approximate surface area is 82.3 Å². The molecule has 0 amide bonds. The van der Waals surface area contributed by atoms with Crippen molar-refractivity contribution in [2.24, 2.45) is 0 Å². The molecule has 0 saturated carbocycles. The smallest absolute Gasteiger partial charge is 0.138 e. The maximum absolute atomic E-state index is 12.9. The SMILES string of the molecule is CSc1c(F)ccc(Br)c1Cl. The van der Waals surface area contributed by atoms with Crippen LogP contribution in [-0.4, -0.2) is 6.26 Å². The third-order valence-corrected chi connectivity index (χ3v) is 3.41. The molecule has 4 heteroatoms. The molecular weight excluding hydrogens is 250 g/mol. The van der Waals surface area contributed by atoms with E-state index in [9.17, 15) is 4.39 Å². The minimum absolute atomic E-state index is 0.272. The number of halogens is 3. The van der Waals surface area contributed by atoms with E-state index >= 15 is 0 Å². The van der Waals surface area contributed by atoms with Crippen LogP contribution in [0, 0.1) is 5.82 Å². The van der Waals surface area contributed by atoms with Crippen molar-refractivity contribution >= 4 is 39.3 Å². The highest BCUT2D eigenvalue weighted by Crippen LogP contribution is 2.33. The molecule has 0 aliphatic carbocycles. The van der Waals surface area contributed by atoms with E-state index in [0.29, 0.717) is 9.92 Å². The van der Waals surface area contributed by atoms with Crippen molar-refractivity contribution in [1.82, 2.24) is 0 Å². The summed E-state index contributed by atoms with van der Waals surface area (Å²) in [6.45, 7) is 0. The van der Waals surface area contributed by atoms with Gasteiger partial charge in [-0.05, 0) is 34.3 Å². The van der Waals surface area contributed by atoms with E-state index in [0.717, 1.165) is 4.47 Å². The van der Waals surface area contributed by atoms with E-state index in [2.05, 4.69) is 15.9 Å². The van der Waals surface area contributed by atoms with Crippen LogP contribution in [0.4, 0.5) is 4.39 Å². The lowest BCUT2D eigenvalue weighted by Crippen LogP contribution is -1.82. The zero-order valence-electron chi connectivity index (χ0n) is 5.70. The summed E-state index contributed by atoms with van der Waals surface area (Å²) in [7, 11) is 0. The second kappa shape index (κ2) is 3.78. The van der Waals surface area contributed by atoms with Gasteiger partial charge < -0.3 is 0 Å². The van der Waals surface area contributed by atoms with E-state index in [1.54, 1.807) is 12.3 Å². The number of hydrogen-bond donors (Lipinski definition) is 0. The van der Waals surface area contributed by atoms with E-state index in [-0.39, 0.29) is 5.82 Å². The zero-order valence-corrected chi connectivity index (χ0v) is 8.86. The average Bonchev–Trinajstić information content (AvgIpc) is 1.99. The van der Waals surface area contributed by atoms with E-state index in [1.165, 1.54) is 17.8 Å². The van der Waals surface area contributed by atoms with Crippen LogP contribution in [0.1, 0.15) is 0 Å². The van der Waals surface area contributed by atoms with Crippen molar-refractivity contribution in [3.63, 3.8) is 0 Å². The first-order valence-electron chi connectivity index (χ1n) is 2.84. The van der Waals surface area contributed by atoms with Gasteiger partial charge in [-0.15, -0.1) is 11.8 Å². The van der Waals surface area contributed by atoms with E-state index < -0.39 is 0 Å². The van der Waals surface area contributed by atoms with Crippen molar-refractivity contribution < 1.29 is 4.39 Å². The van der Waals surface area contributed by atoms with Crippen LogP contribution in [0.3, 0.4) is 0 Å². The van der Waals surface area contributed by atoms with E-state index in [1.807, 2.05) is 0 Å². The first kappa shape index (κ1) is 9.36. The van der Waals surface area contributed by atoms with Gasteiger partial charge in [-0.3, -0.25) is 0 Å². The molecule has 0 bridgehead atoms. The first-order chi connectivity index (χ1) is 5.16. The van der Waals surface area contributed by atoms with Gasteiger partial charge in [0.05, 0.1) is 9.92 Å². The van der Waals surface area contributed by atoms with Crippen LogP contribution in [0.15, 0.2) is 21.5 Å². The maximum atomic E-state index is 12.9. The molecule has 11 heavy (non-hydrogen) atoms. The number of rotatable bonds is 1. The molecule has 0 spiro atoms. The van der Waals surface area contributed by atoms with Crippen LogP contribution in [0.5, 0.6) is 0 Å². The van der Waals surface area contributed by atoms with E-state index in [4.69, 9.17) is 11.6 Å². The number of benzene rings is 1. The van der Waals surface area contributed by atoms with Crippen molar-refractivity contribution in [1.29, 1.82) is 0 Å². The van der Waals surface area contributed by atoms with Crippen LogP contribution in [-0.2, 0) is 0 Å². The third-order valence-electron chi connectivity index (χ3n) is 1.21. The highest BCUT2D eigenvalue weighted by molar-refractivity contribution is 9.10. The van der Waals surface area contributed by atoms with Gasteiger partial charge in [0.25, 0.3) is 0 Å². The topological polar surface area (TPSA) is 0 Å². The lowest BCUT2D eigenvalue weighted by atomic mass is 10.3. The maximum Gasteiger partial charge on any atom is 0.138 e. The second-order valence-electron chi connectivity index (χ2n) is 1.88. The lowest BCUT2D eigenvalue weighted by Gasteiger charge is -2.02. The summed E-state index contributed by atoms with van der Waals surface area (Å²) in [4.78, 5) is 0.487. The Balaban J connectivity index is 3.29. The highest BCUT2D eigenvalue weighted by Gasteiger charge is 2.08. The molecule has 60 valence electrons. The minimum Gasteiger partial charge on any atom is -0.206 e. The van der Waals surface area contributed by atoms with Crippen LogP contribution in [0.25, 0.3) is 0 Å². The van der Waals surface area contributed by atoms with Gasteiger partial charge in [-0.1, -0.05) is 11.6 Å². The molecule has 1 aromatic rings. The van der Waals surface area contributed by atoms with Gasteiger partial charge in [0.1, 0.15) is 5.82 Å². The standard InChI is InChI=1S/C7H5BrClFS/c1-11-7-5(10)3-2-4(8)6(7)9/h2-3H,1H3. The zero-order chi connectivity index (χ0) is 8.43. The Bertz CT molecular complexity index is 277. The largest absolute Gasteiger partial charge is 0.206 e. The molecule has 1 aromatic carbocycles. The fourth-order valence-corrected chi connectivity index (χ4v) is 2.09. The predicted molar refractivity (Wildman–Crippen MR) is 50.9 cm³/mol. The summed E-state index contributed by atoms with van der Waals surface area (Å²) >= 11 is 10.3. The molecule has 0 saturated heterocycles. The lowest BCUT2D eigenvalue weighted by molar-refractivity contribution is 0.602. The Kier molecular flexibility index (Phi) is 3.22. The molecule has 0 aliphatic heterocycles. The summed E-state index contributed by atoms with van der Waals surface area (Å²) < 4.78 is 13.6. The first-order valence-corrected chi connectivity index (χ1v) is 5.24. The summed E-state index contributed by atoms with van der Waals surface area (Å²) in [5.41, 5.74) is 0. The molecule has 0 aromatic heterocycles. The van der Waals surface area contributed by atoms with Gasteiger partial charge >= 0.3 is 0 Å². The summed E-state index contributed by atoms with van der Waals surface area (Å²) in [6, 6.07) is 2.99. The van der Waals surface area contributed by atoms with Crippen LogP contribution >= 0.6 is 39.3 Å². The number of hydrogen-bond acceptors (Lipinski definition) is 1. The minimum atomic E-state index is -0.272. The van der Waals surface area contributed by atoms with Gasteiger partial charge in [-0.25, -0.2) is 4.39 Å². The van der Waals surface area contributed by atoms with Crippen LogP contribution in [0.2, 0.25) is 5.02 Å². The molecule has 0 fully saturated rings. The second-order valence-corrected chi connectivity index (χ2v) is 3.93. The van der Waals surface area contributed by atoms with Crippen molar-refractivity contribution in [2.45, 2.75) is 4.90 Å². The summed E-state index contributed by atoms with van der Waals surface area (Å²) in [6.07, 6.45) is 1.79. The van der Waals surface area contributed by atoms with Gasteiger partial charge in [0, 0.05) is 4.47 Å². The Morgan fingerprint density at radius 3 is 2.64 bits per heavy atom. The van der Waals surface area contributed by atoms with Gasteiger partial charge in [-0.2, -0.15) is 0 Å². The Morgan fingerprint density at radius 1 is 1.55 bits per heavy atom. The number of thioether (sulfide) groups is 1. The quantitative estimate of drug-likeness (QED) is 0.541. The van der Waals surface area contributed by atoms with Crippen molar-refractivity contribution in [2.75, 3.05) is 6.26 Å². The molecule has 0 unspecified atom stereocenters. The predicted octanol–water partition coefficient (Wildman–Crippen LogP) is 3.96. The fraction of sp³-hybridized carbons (Fsp3) is 0.143. The molecule has 1 rings (SSSR count). The average molecular weight is 256 g/mol. The highest BCUT2D eigenvalue weighted by atomic mass is 79.9. The van der Waals surface area contributed by atoms with Gasteiger partial charge in [0.2, 0.25) is 0 Å². The fourth-order valence-electron chi connectivity index (χ4n) is 0.696. The molecular formula is C7H5BrClFS. The normalized spacial score (nSPS) is 10.2. The molecule has 0 aliphatic rings. The molecule has 0 N–H and O–H groups in total. The molecule has 0 heterocycles. The molecule has 0 atom stereocenters. The monoisotopic (exact) mass is 254 g/mol. The third kappa shape index (κ3) is 1.89.